The third kappa shape index (κ3) is 8.61. The second kappa shape index (κ2) is 7.86. The van der Waals surface area contributed by atoms with Crippen LogP contribution in [0, 0.1) is 0 Å². The average molecular weight is 259 g/mol. The van der Waals surface area contributed by atoms with Gasteiger partial charge in [-0.05, 0) is 6.42 Å². The van der Waals surface area contributed by atoms with Gasteiger partial charge in [0.05, 0.1) is 7.11 Å². The molecule has 0 aliphatic carbocycles. The zero-order valence-electron chi connectivity index (χ0n) is 8.45. The zero-order chi connectivity index (χ0) is 11.7. The number of halogens is 1. The highest BCUT2D eigenvalue weighted by Crippen LogP contribution is 1.90. The van der Waals surface area contributed by atoms with Crippen LogP contribution in [-0.4, -0.2) is 40.5 Å². The molecule has 0 heterocycles. The fourth-order valence-corrected chi connectivity index (χ4v) is 1.86. The summed E-state index contributed by atoms with van der Waals surface area (Å²) in [4.78, 5) is 10.7. The highest BCUT2D eigenvalue weighted by Gasteiger charge is 2.07. The molecule has 90 valence electrons. The second-order valence-corrected chi connectivity index (χ2v) is 4.62. The van der Waals surface area contributed by atoms with Crippen molar-refractivity contribution in [2.45, 2.75) is 12.8 Å². The van der Waals surface area contributed by atoms with Crippen LogP contribution in [0.2, 0.25) is 0 Å². The Hall–Kier alpha value is -0.370. The summed E-state index contributed by atoms with van der Waals surface area (Å²) in [5, 5.41) is 0. The number of ether oxygens (including phenoxy) is 1. The first-order chi connectivity index (χ1) is 7.02. The SMILES string of the molecule is COC(=O)CCCNS(=O)(=O)NCCCl. The van der Waals surface area contributed by atoms with Crippen molar-refractivity contribution in [1.82, 2.24) is 9.44 Å². The zero-order valence-corrected chi connectivity index (χ0v) is 10.0. The molecule has 0 aromatic carbocycles. The highest BCUT2D eigenvalue weighted by molar-refractivity contribution is 7.87. The molecule has 0 atom stereocenters. The Balaban J connectivity index is 3.62. The maximum Gasteiger partial charge on any atom is 0.305 e. The number of methoxy groups -OCH3 is 1. The smallest absolute Gasteiger partial charge is 0.305 e. The molecular formula is C7H15ClN2O4S. The van der Waals surface area contributed by atoms with Crippen molar-refractivity contribution in [2.75, 3.05) is 26.1 Å². The van der Waals surface area contributed by atoms with E-state index < -0.39 is 10.2 Å². The Kier molecular flexibility index (Phi) is 7.67. The Labute approximate surface area is 94.5 Å². The molecule has 0 radical (unpaired) electrons. The number of alkyl halides is 1. The van der Waals surface area contributed by atoms with E-state index >= 15 is 0 Å². The molecule has 2 N–H and O–H groups in total. The van der Waals surface area contributed by atoms with Crippen LogP contribution in [0.3, 0.4) is 0 Å². The van der Waals surface area contributed by atoms with Crippen LogP contribution >= 0.6 is 11.6 Å². The average Bonchev–Trinajstić information content (AvgIpc) is 2.21. The van der Waals surface area contributed by atoms with Gasteiger partial charge < -0.3 is 4.74 Å². The fourth-order valence-electron chi connectivity index (χ4n) is 0.765. The summed E-state index contributed by atoms with van der Waals surface area (Å²) in [5.74, 6) is -0.147. The largest absolute Gasteiger partial charge is 0.469 e. The first kappa shape index (κ1) is 14.6. The van der Waals surface area contributed by atoms with E-state index in [1.807, 2.05) is 0 Å². The standard InChI is InChI=1S/C7H15ClN2O4S/c1-14-7(11)3-2-5-9-15(12,13)10-6-4-8/h9-10H,2-6H2,1H3. The molecule has 0 unspecified atom stereocenters. The van der Waals surface area contributed by atoms with Crippen molar-refractivity contribution in [2.24, 2.45) is 0 Å². The first-order valence-electron chi connectivity index (χ1n) is 4.39. The van der Waals surface area contributed by atoms with Gasteiger partial charge in [-0.15, -0.1) is 11.6 Å². The number of hydrogen-bond donors (Lipinski definition) is 2. The molecule has 6 nitrogen and oxygen atoms in total. The molecule has 0 aliphatic heterocycles. The summed E-state index contributed by atoms with van der Waals surface area (Å²) in [6.45, 7) is 0.362. The van der Waals surface area contributed by atoms with Crippen molar-refractivity contribution in [3.8, 4) is 0 Å². The van der Waals surface area contributed by atoms with Crippen LogP contribution in [0.25, 0.3) is 0 Å². The maximum atomic E-state index is 11.1. The lowest BCUT2D eigenvalue weighted by Crippen LogP contribution is -2.38. The minimum Gasteiger partial charge on any atom is -0.469 e. The summed E-state index contributed by atoms with van der Waals surface area (Å²) in [7, 11) is -2.20. The topological polar surface area (TPSA) is 84.5 Å². The first-order valence-corrected chi connectivity index (χ1v) is 6.40. The third-order valence-corrected chi connectivity index (χ3v) is 2.82. The summed E-state index contributed by atoms with van der Waals surface area (Å²) < 4.78 is 31.1. The van der Waals surface area contributed by atoms with E-state index in [2.05, 4.69) is 14.2 Å². The van der Waals surface area contributed by atoms with Crippen molar-refractivity contribution in [3.63, 3.8) is 0 Å². The molecule has 15 heavy (non-hydrogen) atoms. The van der Waals surface area contributed by atoms with Crippen molar-refractivity contribution in [3.05, 3.63) is 0 Å². The van der Waals surface area contributed by atoms with Gasteiger partial charge in [0.1, 0.15) is 0 Å². The summed E-state index contributed by atoms with van der Waals surface area (Å²) in [6.07, 6.45) is 0.586. The van der Waals surface area contributed by atoms with Crippen LogP contribution in [0.1, 0.15) is 12.8 Å². The number of carbonyl (C=O) groups is 1. The van der Waals surface area contributed by atoms with Gasteiger partial charge in [0.2, 0.25) is 0 Å². The Morgan fingerprint density at radius 2 is 1.93 bits per heavy atom. The predicted molar refractivity (Wildman–Crippen MR) is 56.9 cm³/mol. The normalized spacial score (nSPS) is 11.3. The lowest BCUT2D eigenvalue weighted by Gasteiger charge is -2.06. The molecule has 0 amide bonds. The number of esters is 1. The van der Waals surface area contributed by atoms with Gasteiger partial charge in [0.15, 0.2) is 0 Å². The van der Waals surface area contributed by atoms with Crippen molar-refractivity contribution >= 4 is 27.8 Å². The fraction of sp³-hybridized carbons (Fsp3) is 0.857. The quantitative estimate of drug-likeness (QED) is 0.353. The van der Waals surface area contributed by atoms with Gasteiger partial charge in [0.25, 0.3) is 10.2 Å². The number of carbonyl (C=O) groups excluding carboxylic acids is 1. The predicted octanol–water partition coefficient (Wildman–Crippen LogP) is -0.398. The highest BCUT2D eigenvalue weighted by atomic mass is 35.5. The molecule has 0 saturated carbocycles. The summed E-state index contributed by atoms with van der Waals surface area (Å²) in [6, 6.07) is 0. The molecule has 0 bridgehead atoms. The van der Waals surface area contributed by atoms with E-state index in [9.17, 15) is 13.2 Å². The molecule has 0 aromatic rings. The van der Waals surface area contributed by atoms with E-state index in [1.165, 1.54) is 7.11 Å². The molecule has 0 spiro atoms. The van der Waals surface area contributed by atoms with E-state index in [0.717, 1.165) is 0 Å². The van der Waals surface area contributed by atoms with E-state index in [1.54, 1.807) is 0 Å². The van der Waals surface area contributed by atoms with Gasteiger partial charge >= 0.3 is 5.97 Å². The van der Waals surface area contributed by atoms with Crippen LogP contribution in [0.15, 0.2) is 0 Å². The van der Waals surface area contributed by atoms with Crippen molar-refractivity contribution < 1.29 is 17.9 Å². The van der Waals surface area contributed by atoms with Crippen LogP contribution in [0.4, 0.5) is 0 Å². The van der Waals surface area contributed by atoms with Crippen molar-refractivity contribution in [1.29, 1.82) is 0 Å². The van der Waals surface area contributed by atoms with Gasteiger partial charge in [0, 0.05) is 25.4 Å². The minimum atomic E-state index is -3.48. The summed E-state index contributed by atoms with van der Waals surface area (Å²) in [5.41, 5.74) is 0. The van der Waals surface area contributed by atoms with Gasteiger partial charge in [-0.2, -0.15) is 8.42 Å². The molecule has 0 saturated heterocycles. The lowest BCUT2D eigenvalue weighted by atomic mass is 10.3. The van der Waals surface area contributed by atoms with E-state index in [4.69, 9.17) is 11.6 Å². The van der Waals surface area contributed by atoms with Crippen LogP contribution in [0.5, 0.6) is 0 Å². The molecule has 0 rings (SSSR count). The molecule has 0 aromatic heterocycles. The lowest BCUT2D eigenvalue weighted by molar-refractivity contribution is -0.140. The van der Waals surface area contributed by atoms with E-state index in [0.29, 0.717) is 6.42 Å². The molecule has 0 aliphatic rings. The third-order valence-electron chi connectivity index (χ3n) is 1.46. The second-order valence-electron chi connectivity index (χ2n) is 2.66. The molecular weight excluding hydrogens is 244 g/mol. The van der Waals surface area contributed by atoms with Gasteiger partial charge in [-0.1, -0.05) is 0 Å². The number of rotatable bonds is 8. The van der Waals surface area contributed by atoms with Crippen LogP contribution < -0.4 is 9.44 Å². The molecule has 8 heteroatoms. The monoisotopic (exact) mass is 258 g/mol. The van der Waals surface area contributed by atoms with Gasteiger partial charge in [-0.3, -0.25) is 4.79 Å². The number of nitrogens with one attached hydrogen (secondary N) is 2. The summed E-state index contributed by atoms with van der Waals surface area (Å²) >= 11 is 5.31. The van der Waals surface area contributed by atoms with E-state index in [-0.39, 0.29) is 31.4 Å². The minimum absolute atomic E-state index is 0.174. The Bertz CT molecular complexity index is 281. The Morgan fingerprint density at radius 3 is 2.47 bits per heavy atom. The number of hydrogen-bond acceptors (Lipinski definition) is 4. The molecule has 0 fully saturated rings. The maximum absolute atomic E-state index is 11.1. The Morgan fingerprint density at radius 1 is 1.33 bits per heavy atom. The van der Waals surface area contributed by atoms with Crippen LogP contribution in [-0.2, 0) is 19.7 Å². The van der Waals surface area contributed by atoms with Gasteiger partial charge in [-0.25, -0.2) is 9.44 Å².